The maximum Gasteiger partial charge on any atom is 0.0731 e. The molecule has 18 heavy (non-hydrogen) atoms. The summed E-state index contributed by atoms with van der Waals surface area (Å²) in [4.78, 5) is 4.03. The first-order chi connectivity index (χ1) is 8.81. The molecular weight excluding hydrogens is 248 g/mol. The molecule has 2 unspecified atom stereocenters. The lowest BCUT2D eigenvalue weighted by Gasteiger charge is -2.31. The third-order valence-electron chi connectivity index (χ3n) is 3.43. The average Bonchev–Trinajstić information content (AvgIpc) is 2.42. The highest BCUT2D eigenvalue weighted by Crippen LogP contribution is 2.21. The number of rotatable bonds is 5. The summed E-state index contributed by atoms with van der Waals surface area (Å²) in [6.07, 6.45) is 8.30. The second-order valence-electron chi connectivity index (χ2n) is 4.74. The number of pyridine rings is 1. The minimum atomic E-state index is 0.308. The van der Waals surface area contributed by atoms with E-state index in [2.05, 4.69) is 17.2 Å². The highest BCUT2D eigenvalue weighted by Gasteiger charge is 2.24. The number of aromatic nitrogens is 1. The third kappa shape index (κ3) is 3.67. The smallest absolute Gasteiger partial charge is 0.0731 e. The second kappa shape index (κ2) is 7.07. The van der Waals surface area contributed by atoms with Crippen molar-refractivity contribution in [1.29, 1.82) is 0 Å². The summed E-state index contributed by atoms with van der Waals surface area (Å²) in [5.74, 6) is 0. The Morgan fingerprint density at radius 2 is 2.44 bits per heavy atom. The average molecular weight is 269 g/mol. The lowest BCUT2D eigenvalue weighted by molar-refractivity contribution is -0.00709. The normalized spacial score (nSPS) is 21.8. The van der Waals surface area contributed by atoms with Gasteiger partial charge in [-0.15, -0.1) is 0 Å². The SMILES string of the molecule is CCNC(Cc1ccncc1Cl)C1CCCCO1. The van der Waals surface area contributed by atoms with E-state index in [4.69, 9.17) is 16.3 Å². The van der Waals surface area contributed by atoms with Gasteiger partial charge in [-0.1, -0.05) is 18.5 Å². The highest BCUT2D eigenvalue weighted by atomic mass is 35.5. The molecule has 0 aliphatic carbocycles. The Kier molecular flexibility index (Phi) is 5.42. The Hall–Kier alpha value is -0.640. The zero-order chi connectivity index (χ0) is 12.8. The van der Waals surface area contributed by atoms with Crippen LogP contribution in [0.25, 0.3) is 0 Å². The number of ether oxygens (including phenoxy) is 1. The van der Waals surface area contributed by atoms with Gasteiger partial charge in [-0.25, -0.2) is 0 Å². The van der Waals surface area contributed by atoms with E-state index in [1.165, 1.54) is 12.8 Å². The molecule has 4 heteroatoms. The zero-order valence-electron chi connectivity index (χ0n) is 10.9. The fraction of sp³-hybridized carbons (Fsp3) is 0.643. The number of nitrogens with zero attached hydrogens (tertiary/aromatic N) is 1. The van der Waals surface area contributed by atoms with Crippen molar-refractivity contribution in [2.45, 2.75) is 44.8 Å². The van der Waals surface area contributed by atoms with Gasteiger partial charge in [-0.2, -0.15) is 0 Å². The van der Waals surface area contributed by atoms with Gasteiger partial charge in [0.2, 0.25) is 0 Å². The van der Waals surface area contributed by atoms with E-state index in [0.717, 1.165) is 36.6 Å². The van der Waals surface area contributed by atoms with Crippen molar-refractivity contribution < 1.29 is 4.74 Å². The molecule has 1 aliphatic rings. The Labute approximate surface area is 114 Å². The van der Waals surface area contributed by atoms with Gasteiger partial charge in [0, 0.05) is 25.0 Å². The predicted octanol–water partition coefficient (Wildman–Crippen LogP) is 2.82. The third-order valence-corrected chi connectivity index (χ3v) is 3.77. The van der Waals surface area contributed by atoms with Gasteiger partial charge in [0.1, 0.15) is 0 Å². The molecule has 2 rings (SSSR count). The molecule has 0 amide bonds. The Morgan fingerprint density at radius 1 is 1.56 bits per heavy atom. The molecule has 1 aromatic heterocycles. The summed E-state index contributed by atoms with van der Waals surface area (Å²) in [6, 6.07) is 2.34. The maximum atomic E-state index is 6.18. The molecule has 0 aromatic carbocycles. The number of hydrogen-bond acceptors (Lipinski definition) is 3. The van der Waals surface area contributed by atoms with Gasteiger partial charge in [-0.05, 0) is 43.9 Å². The lowest BCUT2D eigenvalue weighted by Crippen LogP contribution is -2.44. The lowest BCUT2D eigenvalue weighted by atomic mass is 9.96. The summed E-state index contributed by atoms with van der Waals surface area (Å²) in [7, 11) is 0. The van der Waals surface area contributed by atoms with E-state index >= 15 is 0 Å². The van der Waals surface area contributed by atoms with Crippen LogP contribution in [0, 0.1) is 0 Å². The predicted molar refractivity (Wildman–Crippen MR) is 74.0 cm³/mol. The monoisotopic (exact) mass is 268 g/mol. The molecule has 1 N–H and O–H groups in total. The van der Waals surface area contributed by atoms with E-state index in [1.807, 2.05) is 6.07 Å². The minimum absolute atomic E-state index is 0.308. The second-order valence-corrected chi connectivity index (χ2v) is 5.15. The molecule has 3 nitrogen and oxygen atoms in total. The number of likely N-dealkylation sites (N-methyl/N-ethyl adjacent to an activating group) is 1. The Balaban J connectivity index is 2.03. The van der Waals surface area contributed by atoms with Crippen LogP contribution in [-0.2, 0) is 11.2 Å². The molecule has 0 spiro atoms. The Bertz CT molecular complexity index is 367. The Morgan fingerprint density at radius 3 is 3.11 bits per heavy atom. The number of nitrogens with one attached hydrogen (secondary N) is 1. The maximum absolute atomic E-state index is 6.18. The first-order valence-corrected chi connectivity index (χ1v) is 7.12. The fourth-order valence-corrected chi connectivity index (χ4v) is 2.68. The number of halogens is 1. The first-order valence-electron chi connectivity index (χ1n) is 6.74. The van der Waals surface area contributed by atoms with Gasteiger partial charge in [0.15, 0.2) is 0 Å². The van der Waals surface area contributed by atoms with Crippen LogP contribution in [0.1, 0.15) is 31.7 Å². The van der Waals surface area contributed by atoms with Crippen LogP contribution in [-0.4, -0.2) is 30.3 Å². The van der Waals surface area contributed by atoms with Gasteiger partial charge in [-0.3, -0.25) is 4.98 Å². The quantitative estimate of drug-likeness (QED) is 0.892. The van der Waals surface area contributed by atoms with Crippen LogP contribution >= 0.6 is 11.6 Å². The van der Waals surface area contributed by atoms with Crippen LogP contribution < -0.4 is 5.32 Å². The number of hydrogen-bond donors (Lipinski definition) is 1. The van der Waals surface area contributed by atoms with Gasteiger partial charge < -0.3 is 10.1 Å². The molecule has 1 aliphatic heterocycles. The van der Waals surface area contributed by atoms with Gasteiger partial charge >= 0.3 is 0 Å². The van der Waals surface area contributed by atoms with Gasteiger partial charge in [0.05, 0.1) is 11.1 Å². The van der Waals surface area contributed by atoms with Crippen LogP contribution in [0.5, 0.6) is 0 Å². The fourth-order valence-electron chi connectivity index (χ4n) is 2.49. The summed E-state index contributed by atoms with van der Waals surface area (Å²) >= 11 is 6.18. The molecule has 2 atom stereocenters. The molecule has 0 bridgehead atoms. The van der Waals surface area contributed by atoms with Crippen molar-refractivity contribution in [2.75, 3.05) is 13.2 Å². The summed E-state index contributed by atoms with van der Waals surface area (Å²) < 4.78 is 5.88. The van der Waals surface area contributed by atoms with E-state index in [1.54, 1.807) is 12.4 Å². The summed E-state index contributed by atoms with van der Waals surface area (Å²) in [6.45, 7) is 3.97. The molecule has 100 valence electrons. The van der Waals surface area contributed by atoms with Gasteiger partial charge in [0.25, 0.3) is 0 Å². The van der Waals surface area contributed by atoms with Crippen LogP contribution in [0.3, 0.4) is 0 Å². The van der Waals surface area contributed by atoms with Crippen molar-refractivity contribution in [3.8, 4) is 0 Å². The molecular formula is C14H21ClN2O. The molecule has 1 aromatic rings. The van der Waals surface area contributed by atoms with E-state index in [0.29, 0.717) is 12.1 Å². The van der Waals surface area contributed by atoms with Crippen molar-refractivity contribution in [1.82, 2.24) is 10.3 Å². The first kappa shape index (κ1) is 13.8. The topological polar surface area (TPSA) is 34.2 Å². The largest absolute Gasteiger partial charge is 0.377 e. The van der Waals surface area contributed by atoms with E-state index in [9.17, 15) is 0 Å². The summed E-state index contributed by atoms with van der Waals surface area (Å²) in [5.41, 5.74) is 1.15. The highest BCUT2D eigenvalue weighted by molar-refractivity contribution is 6.31. The molecule has 0 saturated carbocycles. The minimum Gasteiger partial charge on any atom is -0.377 e. The van der Waals surface area contributed by atoms with Crippen molar-refractivity contribution in [2.24, 2.45) is 0 Å². The standard InChI is InChI=1S/C14H21ClN2O/c1-2-17-13(14-5-3-4-8-18-14)9-11-6-7-16-10-12(11)15/h6-7,10,13-14,17H,2-5,8-9H2,1H3. The van der Waals surface area contributed by atoms with Crippen LogP contribution in [0.15, 0.2) is 18.5 Å². The summed E-state index contributed by atoms with van der Waals surface area (Å²) in [5, 5.41) is 4.27. The molecule has 1 fully saturated rings. The zero-order valence-corrected chi connectivity index (χ0v) is 11.6. The molecule has 2 heterocycles. The van der Waals surface area contributed by atoms with Crippen LogP contribution in [0.2, 0.25) is 5.02 Å². The molecule has 1 saturated heterocycles. The van der Waals surface area contributed by atoms with E-state index < -0.39 is 0 Å². The van der Waals surface area contributed by atoms with Crippen molar-refractivity contribution >= 4 is 11.6 Å². The van der Waals surface area contributed by atoms with E-state index in [-0.39, 0.29) is 0 Å². The van der Waals surface area contributed by atoms with Crippen molar-refractivity contribution in [3.05, 3.63) is 29.0 Å². The van der Waals surface area contributed by atoms with Crippen molar-refractivity contribution in [3.63, 3.8) is 0 Å². The molecule has 0 radical (unpaired) electrons. The van der Waals surface area contributed by atoms with Crippen LogP contribution in [0.4, 0.5) is 0 Å².